The van der Waals surface area contributed by atoms with Crippen LogP contribution in [0.5, 0.6) is 0 Å². The Labute approximate surface area is 206 Å². The Morgan fingerprint density at radius 2 is 2.06 bits per heavy atom. The number of aliphatic carboxylic acids is 1. The zero-order valence-corrected chi connectivity index (χ0v) is 20.8. The molecule has 0 aromatic heterocycles. The number of aliphatic hydroxyl groups excluding tert-OH is 1. The van der Waals surface area contributed by atoms with Crippen LogP contribution in [0.15, 0.2) is 12.7 Å². The van der Waals surface area contributed by atoms with Gasteiger partial charge in [0, 0.05) is 32.7 Å². The molecule has 196 valence electrons. The summed E-state index contributed by atoms with van der Waals surface area (Å²) in [6.45, 7) is 11.7. The van der Waals surface area contributed by atoms with E-state index in [1.54, 1.807) is 11.0 Å². The molecule has 2 unspecified atom stereocenters. The number of carbonyl (C=O) groups is 3. The Morgan fingerprint density at radius 3 is 2.66 bits per heavy atom. The summed E-state index contributed by atoms with van der Waals surface area (Å²) in [5.41, 5.74) is -1.18. The third-order valence-electron chi connectivity index (χ3n) is 8.55. The first-order chi connectivity index (χ1) is 16.8. The minimum absolute atomic E-state index is 0.0730. The van der Waals surface area contributed by atoms with Gasteiger partial charge in [-0.05, 0) is 18.8 Å². The van der Waals surface area contributed by atoms with Crippen molar-refractivity contribution in [2.45, 2.75) is 56.9 Å². The van der Waals surface area contributed by atoms with Crippen molar-refractivity contribution in [1.29, 1.82) is 0 Å². The summed E-state index contributed by atoms with van der Waals surface area (Å²) in [7, 11) is 0. The zero-order valence-electron chi connectivity index (χ0n) is 20.8. The van der Waals surface area contributed by atoms with Gasteiger partial charge in [0.25, 0.3) is 0 Å². The SMILES string of the molecule is C=CCN(CCN1CCOCC1)C(=O)C1N([C@@H](CO)[C@@H](C)CC)C(=O)[C@@H]2[C@@H](C(=O)O)[C@H]3CCC12O3. The molecule has 2 amide bonds. The molecule has 0 aliphatic carbocycles. The summed E-state index contributed by atoms with van der Waals surface area (Å²) >= 11 is 0. The first kappa shape index (κ1) is 26.1. The Kier molecular flexibility index (Phi) is 7.85. The van der Waals surface area contributed by atoms with Crippen LogP contribution in [0.3, 0.4) is 0 Å². The molecule has 4 fully saturated rings. The standard InChI is InChI=1S/C25H39N3O7/c1-4-8-27(10-9-26-11-13-34-14-12-26)23(31)21-25-7-6-18(35-25)19(24(32)33)20(25)22(30)28(21)17(15-29)16(3)5-2/h4,16-21,29H,1,5-15H2,2-3H3,(H,32,33)/t16-,17-,18+,19-,20-,21?,25?/m0/s1. The molecule has 4 rings (SSSR count). The van der Waals surface area contributed by atoms with Crippen molar-refractivity contribution in [3.05, 3.63) is 12.7 Å². The lowest BCUT2D eigenvalue weighted by atomic mass is 9.70. The van der Waals surface area contributed by atoms with Crippen molar-refractivity contribution in [1.82, 2.24) is 14.7 Å². The van der Waals surface area contributed by atoms with E-state index in [2.05, 4.69) is 11.5 Å². The molecule has 0 saturated carbocycles. The first-order valence-electron chi connectivity index (χ1n) is 12.8. The second-order valence-corrected chi connectivity index (χ2v) is 10.3. The molecule has 10 nitrogen and oxygen atoms in total. The fourth-order valence-corrected chi connectivity index (χ4v) is 6.53. The third-order valence-corrected chi connectivity index (χ3v) is 8.55. The fourth-order valence-electron chi connectivity index (χ4n) is 6.53. The van der Waals surface area contributed by atoms with Gasteiger partial charge in [-0.3, -0.25) is 19.3 Å². The van der Waals surface area contributed by atoms with Crippen LogP contribution in [-0.4, -0.2) is 119 Å². The van der Waals surface area contributed by atoms with Crippen LogP contribution in [0.1, 0.15) is 33.1 Å². The van der Waals surface area contributed by atoms with Gasteiger partial charge in [-0.2, -0.15) is 0 Å². The normalized spacial score (nSPS) is 34.0. The highest BCUT2D eigenvalue weighted by Gasteiger charge is 2.75. The average molecular weight is 494 g/mol. The number of aliphatic hydroxyl groups is 1. The van der Waals surface area contributed by atoms with Gasteiger partial charge in [-0.15, -0.1) is 6.58 Å². The number of rotatable bonds is 11. The topological polar surface area (TPSA) is 120 Å². The Balaban J connectivity index is 1.68. The van der Waals surface area contributed by atoms with Crippen LogP contribution in [-0.2, 0) is 23.9 Å². The number of likely N-dealkylation sites (tertiary alicyclic amines) is 1. The number of amides is 2. The molecule has 4 aliphatic heterocycles. The van der Waals surface area contributed by atoms with E-state index in [-0.39, 0.29) is 24.3 Å². The maximum Gasteiger partial charge on any atom is 0.310 e. The summed E-state index contributed by atoms with van der Waals surface area (Å²) in [6.07, 6.45) is 2.75. The van der Waals surface area contributed by atoms with Gasteiger partial charge < -0.3 is 29.5 Å². The van der Waals surface area contributed by atoms with E-state index in [0.717, 1.165) is 13.1 Å². The van der Waals surface area contributed by atoms with Crippen molar-refractivity contribution >= 4 is 17.8 Å². The van der Waals surface area contributed by atoms with E-state index in [1.807, 2.05) is 13.8 Å². The maximum absolute atomic E-state index is 14.2. The minimum atomic E-state index is -1.18. The van der Waals surface area contributed by atoms with Crippen LogP contribution in [0.4, 0.5) is 0 Å². The molecule has 4 aliphatic rings. The average Bonchev–Trinajstić information content (AvgIpc) is 3.50. The molecule has 10 heteroatoms. The summed E-state index contributed by atoms with van der Waals surface area (Å²) < 4.78 is 11.7. The van der Waals surface area contributed by atoms with E-state index in [1.165, 1.54) is 4.90 Å². The van der Waals surface area contributed by atoms with Gasteiger partial charge in [0.2, 0.25) is 11.8 Å². The molecule has 35 heavy (non-hydrogen) atoms. The van der Waals surface area contributed by atoms with Gasteiger partial charge in [0.1, 0.15) is 11.6 Å². The summed E-state index contributed by atoms with van der Waals surface area (Å²) in [5, 5.41) is 20.3. The van der Waals surface area contributed by atoms with E-state index in [0.29, 0.717) is 52.1 Å². The van der Waals surface area contributed by atoms with Crippen molar-refractivity contribution in [3.8, 4) is 0 Å². The number of carboxylic acids is 1. The van der Waals surface area contributed by atoms with Crippen molar-refractivity contribution in [3.63, 3.8) is 0 Å². The van der Waals surface area contributed by atoms with Crippen LogP contribution in [0.2, 0.25) is 0 Å². The van der Waals surface area contributed by atoms with E-state index >= 15 is 0 Å². The van der Waals surface area contributed by atoms with Gasteiger partial charge >= 0.3 is 5.97 Å². The van der Waals surface area contributed by atoms with E-state index in [9.17, 15) is 24.6 Å². The van der Waals surface area contributed by atoms with Gasteiger partial charge in [0.15, 0.2) is 0 Å². The number of carbonyl (C=O) groups excluding carboxylic acids is 2. The number of hydrogen-bond acceptors (Lipinski definition) is 7. The van der Waals surface area contributed by atoms with Gasteiger partial charge in [0.05, 0.1) is 43.8 Å². The molecule has 0 radical (unpaired) electrons. The predicted octanol–water partition coefficient (Wildman–Crippen LogP) is 0.199. The number of ether oxygens (including phenoxy) is 2. The Hall–Kier alpha value is -2.01. The number of nitrogens with zero attached hydrogens (tertiary/aromatic N) is 3. The molecule has 4 heterocycles. The lowest BCUT2D eigenvalue weighted by Crippen LogP contribution is -2.60. The third kappa shape index (κ3) is 4.39. The lowest BCUT2D eigenvalue weighted by Gasteiger charge is -2.41. The summed E-state index contributed by atoms with van der Waals surface area (Å²) in [4.78, 5) is 45.7. The molecule has 0 aromatic carbocycles. The molecule has 0 aromatic rings. The van der Waals surface area contributed by atoms with Gasteiger partial charge in [-0.1, -0.05) is 26.3 Å². The second-order valence-electron chi connectivity index (χ2n) is 10.3. The Morgan fingerprint density at radius 1 is 1.34 bits per heavy atom. The fraction of sp³-hybridized carbons (Fsp3) is 0.800. The molecule has 2 N–H and O–H groups in total. The Bertz CT molecular complexity index is 832. The molecular formula is C25H39N3O7. The smallest absolute Gasteiger partial charge is 0.310 e. The number of carboxylic acid groups (broad SMARTS) is 1. The van der Waals surface area contributed by atoms with E-state index in [4.69, 9.17) is 9.47 Å². The van der Waals surface area contributed by atoms with Crippen LogP contribution in [0, 0.1) is 17.8 Å². The molecule has 4 saturated heterocycles. The maximum atomic E-state index is 14.2. The van der Waals surface area contributed by atoms with E-state index < -0.39 is 41.6 Å². The summed E-state index contributed by atoms with van der Waals surface area (Å²) in [6, 6.07) is -1.56. The van der Waals surface area contributed by atoms with Crippen LogP contribution < -0.4 is 0 Å². The quantitative estimate of drug-likeness (QED) is 0.392. The first-order valence-corrected chi connectivity index (χ1v) is 12.8. The molecular weight excluding hydrogens is 454 g/mol. The number of hydrogen-bond donors (Lipinski definition) is 2. The monoisotopic (exact) mass is 493 g/mol. The van der Waals surface area contributed by atoms with Crippen molar-refractivity contribution < 1.29 is 34.1 Å². The van der Waals surface area contributed by atoms with Crippen molar-refractivity contribution in [2.75, 3.05) is 52.5 Å². The molecule has 7 atom stereocenters. The molecule has 2 bridgehead atoms. The number of fused-ring (bicyclic) bond motifs is 1. The highest BCUT2D eigenvalue weighted by molar-refractivity contribution is 5.98. The second kappa shape index (κ2) is 10.5. The van der Waals surface area contributed by atoms with Gasteiger partial charge in [-0.25, -0.2) is 0 Å². The molecule has 1 spiro atoms. The largest absolute Gasteiger partial charge is 0.481 e. The van der Waals surface area contributed by atoms with Crippen molar-refractivity contribution in [2.24, 2.45) is 17.8 Å². The highest BCUT2D eigenvalue weighted by atomic mass is 16.5. The van der Waals surface area contributed by atoms with Crippen LogP contribution in [0.25, 0.3) is 0 Å². The highest BCUT2D eigenvalue weighted by Crippen LogP contribution is 2.59. The lowest BCUT2D eigenvalue weighted by molar-refractivity contribution is -0.154. The number of morpholine rings is 1. The summed E-state index contributed by atoms with van der Waals surface area (Å²) in [5.74, 6) is -3.69. The predicted molar refractivity (Wildman–Crippen MR) is 126 cm³/mol. The zero-order chi connectivity index (χ0) is 25.3. The van der Waals surface area contributed by atoms with Crippen LogP contribution >= 0.6 is 0 Å². The minimum Gasteiger partial charge on any atom is -0.481 e.